The quantitative estimate of drug-likeness (QED) is 0.713. The summed E-state index contributed by atoms with van der Waals surface area (Å²) < 4.78 is 11.0. The Morgan fingerprint density at radius 1 is 1.14 bits per heavy atom. The van der Waals surface area contributed by atoms with E-state index in [1.165, 1.54) is 0 Å². The number of carbonyl (C=O) groups excluding carboxylic acids is 2. The largest absolute Gasteiger partial charge is 0.381 e. The Balaban J connectivity index is 1.50. The predicted molar refractivity (Wildman–Crippen MR) is 111 cm³/mol. The fourth-order valence-electron chi connectivity index (χ4n) is 3.77. The zero-order chi connectivity index (χ0) is 20.6. The van der Waals surface area contributed by atoms with Crippen molar-refractivity contribution in [1.82, 2.24) is 15.1 Å². The molecule has 2 heterocycles. The van der Waals surface area contributed by atoms with Crippen LogP contribution in [-0.2, 0) is 20.7 Å². The molecule has 29 heavy (non-hydrogen) atoms. The van der Waals surface area contributed by atoms with Crippen LogP contribution in [0.2, 0.25) is 0 Å². The molecule has 2 aliphatic heterocycles. The minimum atomic E-state index is -0.223. The highest BCUT2D eigenvalue weighted by Gasteiger charge is 2.31. The Kier molecular flexibility index (Phi) is 7.85. The van der Waals surface area contributed by atoms with Crippen LogP contribution < -0.4 is 10.6 Å². The second-order valence-electron chi connectivity index (χ2n) is 7.84. The summed E-state index contributed by atoms with van der Waals surface area (Å²) in [6, 6.07) is 7.41. The van der Waals surface area contributed by atoms with Crippen molar-refractivity contribution in [2.45, 2.75) is 18.9 Å². The van der Waals surface area contributed by atoms with Gasteiger partial charge >= 0.3 is 6.03 Å². The molecular weight excluding hydrogens is 372 g/mol. The van der Waals surface area contributed by atoms with Crippen molar-refractivity contribution in [1.29, 1.82) is 0 Å². The van der Waals surface area contributed by atoms with Gasteiger partial charge in [-0.2, -0.15) is 0 Å². The molecule has 160 valence electrons. The lowest BCUT2D eigenvalue weighted by molar-refractivity contribution is -0.127. The first-order valence-corrected chi connectivity index (χ1v) is 10.3. The van der Waals surface area contributed by atoms with Gasteiger partial charge in [-0.05, 0) is 24.1 Å². The Morgan fingerprint density at radius 2 is 1.86 bits per heavy atom. The van der Waals surface area contributed by atoms with Crippen LogP contribution in [0, 0.1) is 5.92 Å². The third-order valence-electron chi connectivity index (χ3n) is 5.56. The highest BCUT2D eigenvalue weighted by molar-refractivity contribution is 5.89. The van der Waals surface area contributed by atoms with Crippen LogP contribution in [0.5, 0.6) is 0 Å². The number of likely N-dealkylation sites (N-methyl/N-ethyl adjacent to an activating group) is 1. The van der Waals surface area contributed by atoms with Gasteiger partial charge in [-0.15, -0.1) is 0 Å². The number of nitrogens with zero attached hydrogens (tertiary/aromatic N) is 2. The van der Waals surface area contributed by atoms with Crippen LogP contribution in [0.25, 0.3) is 0 Å². The van der Waals surface area contributed by atoms with E-state index in [2.05, 4.69) is 15.5 Å². The highest BCUT2D eigenvalue weighted by Crippen LogP contribution is 2.22. The molecule has 0 aromatic heterocycles. The number of rotatable bonds is 7. The molecular formula is C21H32N4O4. The number of urea groups is 1. The van der Waals surface area contributed by atoms with E-state index in [1.54, 1.807) is 19.0 Å². The Labute approximate surface area is 172 Å². The smallest absolute Gasteiger partial charge is 0.319 e. The number of hydrogen-bond donors (Lipinski definition) is 2. The number of amides is 3. The van der Waals surface area contributed by atoms with E-state index >= 15 is 0 Å². The summed E-state index contributed by atoms with van der Waals surface area (Å²) in [5.41, 5.74) is 1.62. The molecule has 0 spiro atoms. The summed E-state index contributed by atoms with van der Waals surface area (Å²) in [6.45, 7) is 5.36. The van der Waals surface area contributed by atoms with Crippen LogP contribution in [0.1, 0.15) is 12.0 Å². The molecule has 2 saturated heterocycles. The average Bonchev–Trinajstić information content (AvgIpc) is 3.25. The van der Waals surface area contributed by atoms with Gasteiger partial charge in [-0.1, -0.05) is 12.1 Å². The molecule has 0 aliphatic carbocycles. The number of benzene rings is 1. The van der Waals surface area contributed by atoms with E-state index in [-0.39, 0.29) is 18.0 Å². The minimum absolute atomic E-state index is 0.0495. The second kappa shape index (κ2) is 10.6. The van der Waals surface area contributed by atoms with Gasteiger partial charge in [0.05, 0.1) is 26.2 Å². The van der Waals surface area contributed by atoms with Crippen molar-refractivity contribution in [3.05, 3.63) is 29.8 Å². The summed E-state index contributed by atoms with van der Waals surface area (Å²) in [5.74, 6) is 0.482. The average molecular weight is 405 g/mol. The van der Waals surface area contributed by atoms with Crippen LogP contribution in [0.4, 0.5) is 10.5 Å². The van der Waals surface area contributed by atoms with E-state index in [0.29, 0.717) is 24.6 Å². The third kappa shape index (κ3) is 6.42. The summed E-state index contributed by atoms with van der Waals surface area (Å²) >= 11 is 0. The van der Waals surface area contributed by atoms with Crippen molar-refractivity contribution in [3.63, 3.8) is 0 Å². The van der Waals surface area contributed by atoms with Gasteiger partial charge in [0.25, 0.3) is 0 Å². The fourth-order valence-corrected chi connectivity index (χ4v) is 3.77. The van der Waals surface area contributed by atoms with E-state index in [0.717, 1.165) is 51.5 Å². The molecule has 0 bridgehead atoms. The van der Waals surface area contributed by atoms with Gasteiger partial charge in [0.1, 0.15) is 0 Å². The van der Waals surface area contributed by atoms with Crippen molar-refractivity contribution in [2.24, 2.45) is 5.92 Å². The minimum Gasteiger partial charge on any atom is -0.381 e. The topological polar surface area (TPSA) is 83.1 Å². The lowest BCUT2D eigenvalue weighted by Crippen LogP contribution is -2.52. The normalized spacial score (nSPS) is 20.8. The summed E-state index contributed by atoms with van der Waals surface area (Å²) in [5, 5.41) is 5.89. The van der Waals surface area contributed by atoms with E-state index in [4.69, 9.17) is 9.47 Å². The maximum absolute atomic E-state index is 12.4. The number of morpholine rings is 1. The van der Waals surface area contributed by atoms with Crippen molar-refractivity contribution < 1.29 is 19.1 Å². The summed E-state index contributed by atoms with van der Waals surface area (Å²) in [6.07, 6.45) is 1.38. The molecule has 1 aromatic rings. The van der Waals surface area contributed by atoms with Gasteiger partial charge in [0, 0.05) is 58.0 Å². The standard InChI is InChI=1S/C21H32N4O4/c1-24(2)20(26)13-16-3-5-18(6-4-16)23-21(27)22-14-19(17-7-10-29-15-17)25-8-11-28-12-9-25/h3-6,17,19H,7-15H2,1-2H3,(H2,22,23,27). The third-order valence-corrected chi connectivity index (χ3v) is 5.56. The fraction of sp³-hybridized carbons (Fsp3) is 0.619. The first-order valence-electron chi connectivity index (χ1n) is 10.3. The predicted octanol–water partition coefficient (Wildman–Crippen LogP) is 1.18. The molecule has 2 fully saturated rings. The first kappa shape index (κ1) is 21.5. The molecule has 2 aliphatic rings. The molecule has 0 radical (unpaired) electrons. The number of carbonyl (C=O) groups is 2. The molecule has 8 nitrogen and oxygen atoms in total. The molecule has 2 unspecified atom stereocenters. The zero-order valence-corrected chi connectivity index (χ0v) is 17.4. The van der Waals surface area contributed by atoms with Gasteiger partial charge in [0.15, 0.2) is 0 Å². The summed E-state index contributed by atoms with van der Waals surface area (Å²) in [7, 11) is 3.48. The zero-order valence-electron chi connectivity index (χ0n) is 17.4. The Bertz CT molecular complexity index is 668. The van der Waals surface area contributed by atoms with Gasteiger partial charge in [-0.25, -0.2) is 4.79 Å². The SMILES string of the molecule is CN(C)C(=O)Cc1ccc(NC(=O)NCC(C2CCOC2)N2CCOCC2)cc1. The summed E-state index contributed by atoms with van der Waals surface area (Å²) in [4.78, 5) is 28.2. The Morgan fingerprint density at radius 3 is 2.48 bits per heavy atom. The van der Waals surface area contributed by atoms with E-state index in [1.807, 2.05) is 24.3 Å². The van der Waals surface area contributed by atoms with Crippen LogP contribution in [-0.4, -0.2) is 87.9 Å². The molecule has 1 aromatic carbocycles. The molecule has 3 rings (SSSR count). The van der Waals surface area contributed by atoms with Gasteiger partial charge in [-0.3, -0.25) is 9.69 Å². The van der Waals surface area contributed by atoms with Crippen molar-refractivity contribution in [3.8, 4) is 0 Å². The van der Waals surface area contributed by atoms with Crippen LogP contribution in [0.3, 0.4) is 0 Å². The van der Waals surface area contributed by atoms with Crippen LogP contribution >= 0.6 is 0 Å². The second-order valence-corrected chi connectivity index (χ2v) is 7.84. The number of ether oxygens (including phenoxy) is 2. The number of hydrogen-bond acceptors (Lipinski definition) is 5. The highest BCUT2D eigenvalue weighted by atomic mass is 16.5. The molecule has 2 N–H and O–H groups in total. The lowest BCUT2D eigenvalue weighted by atomic mass is 9.97. The molecule has 8 heteroatoms. The maximum atomic E-state index is 12.4. The van der Waals surface area contributed by atoms with Gasteiger partial charge < -0.3 is 25.0 Å². The lowest BCUT2D eigenvalue weighted by Gasteiger charge is -2.37. The number of anilines is 1. The van der Waals surface area contributed by atoms with Crippen molar-refractivity contribution >= 4 is 17.6 Å². The molecule has 2 atom stereocenters. The maximum Gasteiger partial charge on any atom is 0.319 e. The molecule has 0 saturated carbocycles. The van der Waals surface area contributed by atoms with Gasteiger partial charge in [0.2, 0.25) is 5.91 Å². The van der Waals surface area contributed by atoms with E-state index < -0.39 is 0 Å². The molecule has 3 amide bonds. The monoisotopic (exact) mass is 404 g/mol. The number of nitrogens with one attached hydrogen (secondary N) is 2. The first-order chi connectivity index (χ1) is 14.0. The van der Waals surface area contributed by atoms with Crippen molar-refractivity contribution in [2.75, 3.05) is 65.5 Å². The van der Waals surface area contributed by atoms with Crippen LogP contribution in [0.15, 0.2) is 24.3 Å². The Hall–Kier alpha value is -2.16. The van der Waals surface area contributed by atoms with E-state index in [9.17, 15) is 9.59 Å².